The number of hydrogen-bond acceptors (Lipinski definition) is 4. The third kappa shape index (κ3) is 6.75. The van der Waals surface area contributed by atoms with Gasteiger partial charge in [0.25, 0.3) is 5.91 Å². The normalized spacial score (nSPS) is 11.8. The lowest BCUT2D eigenvalue weighted by atomic mass is 10.1. The van der Waals surface area contributed by atoms with Gasteiger partial charge in [0.15, 0.2) is 16.4 Å². The first kappa shape index (κ1) is 19.8. The molecule has 0 heterocycles. The van der Waals surface area contributed by atoms with Crippen LogP contribution in [0.1, 0.15) is 15.9 Å². The van der Waals surface area contributed by atoms with Crippen LogP contribution in [0.15, 0.2) is 48.5 Å². The van der Waals surface area contributed by atoms with Gasteiger partial charge >= 0.3 is 6.18 Å². The molecule has 9 heteroatoms. The molecular weight excluding hydrogens is 371 g/mol. The summed E-state index contributed by atoms with van der Waals surface area (Å²) in [5, 5.41) is 2.58. The van der Waals surface area contributed by atoms with E-state index in [0.717, 1.165) is 6.26 Å². The van der Waals surface area contributed by atoms with E-state index in [1.165, 1.54) is 36.4 Å². The summed E-state index contributed by atoms with van der Waals surface area (Å²) >= 11 is 0. The van der Waals surface area contributed by atoms with Crippen molar-refractivity contribution in [3.8, 4) is 5.75 Å². The Balaban J connectivity index is 2.02. The van der Waals surface area contributed by atoms with E-state index in [2.05, 4.69) is 10.1 Å². The van der Waals surface area contributed by atoms with Gasteiger partial charge < -0.3 is 10.1 Å². The van der Waals surface area contributed by atoms with Crippen molar-refractivity contribution in [3.05, 3.63) is 59.7 Å². The van der Waals surface area contributed by atoms with E-state index in [-0.39, 0.29) is 17.1 Å². The number of carbonyl (C=O) groups is 1. The van der Waals surface area contributed by atoms with Crippen LogP contribution in [0, 0.1) is 0 Å². The van der Waals surface area contributed by atoms with E-state index in [9.17, 15) is 26.4 Å². The van der Waals surface area contributed by atoms with E-state index in [0.29, 0.717) is 11.3 Å². The van der Waals surface area contributed by atoms with Gasteiger partial charge in [-0.3, -0.25) is 4.79 Å². The van der Waals surface area contributed by atoms with Crippen LogP contribution in [-0.2, 0) is 15.6 Å². The second-order valence-electron chi connectivity index (χ2n) is 5.65. The Labute approximate surface area is 148 Å². The fraction of sp³-hybridized carbons (Fsp3) is 0.235. The summed E-state index contributed by atoms with van der Waals surface area (Å²) in [5.41, 5.74) is 1.11. The average molecular weight is 387 g/mol. The number of hydrogen-bond donors (Lipinski definition) is 1. The van der Waals surface area contributed by atoms with E-state index >= 15 is 0 Å². The van der Waals surface area contributed by atoms with Crippen molar-refractivity contribution in [1.82, 2.24) is 0 Å². The zero-order valence-corrected chi connectivity index (χ0v) is 14.5. The summed E-state index contributed by atoms with van der Waals surface area (Å²) < 4.78 is 63.5. The topological polar surface area (TPSA) is 72.5 Å². The number of sulfone groups is 1. The van der Waals surface area contributed by atoms with Crippen LogP contribution in [0.4, 0.5) is 18.9 Å². The molecule has 0 aromatic heterocycles. The van der Waals surface area contributed by atoms with Crippen LogP contribution >= 0.6 is 0 Å². The third-order valence-electron chi connectivity index (χ3n) is 3.13. The predicted octanol–water partition coefficient (Wildman–Crippen LogP) is 3.42. The summed E-state index contributed by atoms with van der Waals surface area (Å²) in [6, 6.07) is 11.6. The molecule has 0 bridgehead atoms. The lowest BCUT2D eigenvalue weighted by Gasteiger charge is -2.10. The summed E-state index contributed by atoms with van der Waals surface area (Å²) in [4.78, 5) is 12.2. The number of rotatable bonds is 6. The molecule has 0 spiro atoms. The number of alkyl halides is 3. The Kier molecular flexibility index (Phi) is 5.91. The first-order valence-electron chi connectivity index (χ1n) is 7.39. The number of halogens is 3. The first-order valence-corrected chi connectivity index (χ1v) is 9.45. The van der Waals surface area contributed by atoms with E-state index in [1.807, 2.05) is 0 Å². The van der Waals surface area contributed by atoms with Crippen LogP contribution in [0.25, 0.3) is 0 Å². The maximum absolute atomic E-state index is 12.2. The number of ether oxygens (including phenoxy) is 1. The summed E-state index contributed by atoms with van der Waals surface area (Å²) in [7, 11) is -3.23. The zero-order chi connectivity index (χ0) is 19.4. The summed E-state index contributed by atoms with van der Waals surface area (Å²) in [6.07, 6.45) is -3.33. The van der Waals surface area contributed by atoms with Gasteiger partial charge in [-0.1, -0.05) is 12.1 Å². The number of nitrogens with one attached hydrogen (secondary N) is 1. The van der Waals surface area contributed by atoms with Gasteiger partial charge in [-0.15, -0.1) is 0 Å². The van der Waals surface area contributed by atoms with Gasteiger partial charge in [0.05, 0.1) is 5.75 Å². The highest BCUT2D eigenvalue weighted by molar-refractivity contribution is 7.89. The molecule has 2 aromatic rings. The zero-order valence-electron chi connectivity index (χ0n) is 13.7. The van der Waals surface area contributed by atoms with Crippen LogP contribution in [-0.4, -0.2) is 33.4 Å². The largest absolute Gasteiger partial charge is 0.484 e. The maximum Gasteiger partial charge on any atom is 0.422 e. The second-order valence-corrected chi connectivity index (χ2v) is 7.79. The van der Waals surface area contributed by atoms with Gasteiger partial charge in [0.2, 0.25) is 0 Å². The Hall–Kier alpha value is -2.55. The fourth-order valence-electron chi connectivity index (χ4n) is 2.11. The van der Waals surface area contributed by atoms with Crippen molar-refractivity contribution in [1.29, 1.82) is 0 Å². The van der Waals surface area contributed by atoms with Gasteiger partial charge in [-0.2, -0.15) is 13.2 Å². The van der Waals surface area contributed by atoms with E-state index in [4.69, 9.17) is 0 Å². The molecule has 0 aliphatic rings. The predicted molar refractivity (Wildman–Crippen MR) is 90.9 cm³/mol. The summed E-state index contributed by atoms with van der Waals surface area (Å²) in [6.45, 7) is -1.40. The van der Waals surface area contributed by atoms with Crippen molar-refractivity contribution < 1.29 is 31.1 Å². The highest BCUT2D eigenvalue weighted by Gasteiger charge is 2.28. The van der Waals surface area contributed by atoms with Crippen LogP contribution in [0.5, 0.6) is 5.75 Å². The molecule has 0 saturated carbocycles. The van der Waals surface area contributed by atoms with Crippen molar-refractivity contribution in [2.24, 2.45) is 0 Å². The molecule has 5 nitrogen and oxygen atoms in total. The molecule has 0 saturated heterocycles. The average Bonchev–Trinajstić information content (AvgIpc) is 2.52. The molecule has 26 heavy (non-hydrogen) atoms. The van der Waals surface area contributed by atoms with Gasteiger partial charge in [0.1, 0.15) is 5.75 Å². The molecule has 2 rings (SSSR count). The van der Waals surface area contributed by atoms with Crippen molar-refractivity contribution in [2.45, 2.75) is 11.9 Å². The number of carbonyl (C=O) groups excluding carboxylic acids is 1. The molecule has 1 amide bonds. The molecule has 1 N–H and O–H groups in total. The molecule has 140 valence electrons. The van der Waals surface area contributed by atoms with Crippen LogP contribution in [0.3, 0.4) is 0 Å². The smallest absolute Gasteiger partial charge is 0.422 e. The Morgan fingerprint density at radius 2 is 1.77 bits per heavy atom. The second kappa shape index (κ2) is 7.77. The number of amides is 1. The fourth-order valence-corrected chi connectivity index (χ4v) is 2.89. The maximum atomic E-state index is 12.2. The van der Waals surface area contributed by atoms with Gasteiger partial charge in [0, 0.05) is 17.5 Å². The Morgan fingerprint density at radius 3 is 2.35 bits per heavy atom. The minimum atomic E-state index is -4.43. The molecule has 0 fully saturated rings. The molecule has 0 aliphatic carbocycles. The highest BCUT2D eigenvalue weighted by Crippen LogP contribution is 2.20. The molecular formula is C17H16F3NO4S. The Bertz CT molecular complexity index is 878. The highest BCUT2D eigenvalue weighted by atomic mass is 32.2. The monoisotopic (exact) mass is 387 g/mol. The number of benzene rings is 2. The molecule has 2 aromatic carbocycles. The van der Waals surface area contributed by atoms with Crippen molar-refractivity contribution in [3.63, 3.8) is 0 Å². The summed E-state index contributed by atoms with van der Waals surface area (Å²) in [5.74, 6) is -0.626. The molecule has 0 unspecified atom stereocenters. The quantitative estimate of drug-likeness (QED) is 0.824. The Morgan fingerprint density at radius 1 is 1.12 bits per heavy atom. The van der Waals surface area contributed by atoms with Crippen LogP contribution < -0.4 is 10.1 Å². The van der Waals surface area contributed by atoms with E-state index in [1.54, 1.807) is 12.1 Å². The lowest BCUT2D eigenvalue weighted by Crippen LogP contribution is -2.19. The van der Waals surface area contributed by atoms with Gasteiger partial charge in [-0.05, 0) is 42.0 Å². The van der Waals surface area contributed by atoms with E-state index < -0.39 is 28.5 Å². The molecule has 0 aliphatic heterocycles. The minimum Gasteiger partial charge on any atom is -0.484 e. The lowest BCUT2D eigenvalue weighted by molar-refractivity contribution is -0.153. The molecule has 0 atom stereocenters. The van der Waals surface area contributed by atoms with Crippen molar-refractivity contribution in [2.75, 3.05) is 18.2 Å². The minimum absolute atomic E-state index is 0.0236. The first-order chi connectivity index (χ1) is 12.0. The standard InChI is InChI=1S/C17H16F3NO4S/c1-26(23,24)10-12-3-2-4-13(9-12)16(22)21-14-5-7-15(8-6-14)25-11-17(18,19)20/h2-9H,10-11H2,1H3,(H,21,22). The van der Waals surface area contributed by atoms with Gasteiger partial charge in [-0.25, -0.2) is 8.42 Å². The molecule has 0 radical (unpaired) electrons. The third-order valence-corrected chi connectivity index (χ3v) is 3.99. The number of anilines is 1. The van der Waals surface area contributed by atoms with Crippen LogP contribution in [0.2, 0.25) is 0 Å². The van der Waals surface area contributed by atoms with Crippen molar-refractivity contribution >= 4 is 21.4 Å². The SMILES string of the molecule is CS(=O)(=O)Cc1cccc(C(=O)Nc2ccc(OCC(F)(F)F)cc2)c1.